The van der Waals surface area contributed by atoms with Crippen molar-refractivity contribution in [3.8, 4) is 0 Å². The van der Waals surface area contributed by atoms with Gasteiger partial charge in [-0.2, -0.15) is 5.10 Å². The number of hydrogen-bond acceptors (Lipinski definition) is 5. The quantitative estimate of drug-likeness (QED) is 0.671. The largest absolute Gasteiger partial charge is 0.467 e. The van der Waals surface area contributed by atoms with E-state index in [1.165, 1.54) is 35.5 Å². The highest BCUT2D eigenvalue weighted by atomic mass is 32.2. The number of halogens is 1. The van der Waals surface area contributed by atoms with Crippen molar-refractivity contribution < 1.29 is 22.0 Å². The number of hydrazone groups is 1. The minimum Gasteiger partial charge on any atom is -0.467 e. The normalized spacial score (nSPS) is 16.4. The maximum Gasteiger partial charge on any atom is 0.274 e. The van der Waals surface area contributed by atoms with Crippen molar-refractivity contribution in [1.82, 2.24) is 5.01 Å². The molecule has 1 atom stereocenters. The minimum atomic E-state index is -3.37. The van der Waals surface area contributed by atoms with Gasteiger partial charge in [0.2, 0.25) is 10.0 Å². The molecule has 7 nitrogen and oxygen atoms in total. The molecular weight excluding hydrogens is 409 g/mol. The molecule has 1 N–H and O–H groups in total. The number of nitrogens with one attached hydrogen (secondary N) is 1. The maximum absolute atomic E-state index is 13.2. The van der Waals surface area contributed by atoms with Crippen molar-refractivity contribution in [1.29, 1.82) is 0 Å². The molecule has 9 heteroatoms. The molecule has 154 valence electrons. The number of benzene rings is 2. The third-order valence-electron chi connectivity index (χ3n) is 4.60. The fourth-order valence-corrected chi connectivity index (χ4v) is 3.81. The van der Waals surface area contributed by atoms with Gasteiger partial charge in [0.1, 0.15) is 17.6 Å². The van der Waals surface area contributed by atoms with Gasteiger partial charge in [0.05, 0.1) is 18.2 Å². The second-order valence-electron chi connectivity index (χ2n) is 6.89. The first kappa shape index (κ1) is 19.8. The van der Waals surface area contributed by atoms with E-state index < -0.39 is 21.9 Å². The molecule has 0 aliphatic carbocycles. The van der Waals surface area contributed by atoms with E-state index in [-0.39, 0.29) is 5.91 Å². The minimum absolute atomic E-state index is 0.311. The predicted molar refractivity (Wildman–Crippen MR) is 110 cm³/mol. The van der Waals surface area contributed by atoms with Crippen LogP contribution in [0.2, 0.25) is 0 Å². The van der Waals surface area contributed by atoms with Gasteiger partial charge in [-0.05, 0) is 54.1 Å². The Labute approximate surface area is 172 Å². The maximum atomic E-state index is 13.2. The number of amides is 1. The molecule has 0 spiro atoms. The lowest BCUT2D eigenvalue weighted by Crippen LogP contribution is -2.26. The average Bonchev–Trinajstić information content (AvgIpc) is 3.37. The molecule has 3 aromatic rings. The zero-order chi connectivity index (χ0) is 21.3. The Bertz CT molecular complexity index is 1190. The van der Waals surface area contributed by atoms with E-state index in [0.29, 0.717) is 29.1 Å². The summed E-state index contributed by atoms with van der Waals surface area (Å²) in [5.41, 5.74) is 2.14. The van der Waals surface area contributed by atoms with Crippen molar-refractivity contribution in [2.45, 2.75) is 12.5 Å². The molecule has 4 rings (SSSR count). The Balaban J connectivity index is 1.65. The molecule has 0 radical (unpaired) electrons. The van der Waals surface area contributed by atoms with Crippen molar-refractivity contribution in [2.75, 3.05) is 11.0 Å². The van der Waals surface area contributed by atoms with Crippen LogP contribution in [0.25, 0.3) is 0 Å². The van der Waals surface area contributed by atoms with Crippen LogP contribution in [0.1, 0.15) is 34.1 Å². The highest BCUT2D eigenvalue weighted by Gasteiger charge is 2.35. The van der Waals surface area contributed by atoms with Crippen molar-refractivity contribution in [3.63, 3.8) is 0 Å². The lowest BCUT2D eigenvalue weighted by atomic mass is 10.0. The summed E-state index contributed by atoms with van der Waals surface area (Å²) in [6.07, 6.45) is 3.02. The molecule has 1 aliphatic rings. The van der Waals surface area contributed by atoms with Gasteiger partial charge in [-0.1, -0.05) is 12.1 Å². The van der Waals surface area contributed by atoms with Crippen molar-refractivity contribution in [2.24, 2.45) is 5.10 Å². The molecule has 1 unspecified atom stereocenters. The molecule has 1 amide bonds. The summed E-state index contributed by atoms with van der Waals surface area (Å²) in [5.74, 6) is -0.219. The number of carbonyl (C=O) groups excluding carboxylic acids is 1. The van der Waals surface area contributed by atoms with E-state index in [1.807, 2.05) is 0 Å². The zero-order valence-corrected chi connectivity index (χ0v) is 16.8. The molecule has 30 heavy (non-hydrogen) atoms. The average molecular weight is 427 g/mol. The Morgan fingerprint density at radius 3 is 2.43 bits per heavy atom. The number of anilines is 1. The summed E-state index contributed by atoms with van der Waals surface area (Å²) in [5, 5.41) is 5.84. The fourth-order valence-electron chi connectivity index (χ4n) is 3.24. The van der Waals surface area contributed by atoms with Gasteiger partial charge in [-0.15, -0.1) is 0 Å². The number of hydrogen-bond donors (Lipinski definition) is 1. The second kappa shape index (κ2) is 7.75. The summed E-state index contributed by atoms with van der Waals surface area (Å²) in [7, 11) is -3.37. The topological polar surface area (TPSA) is 92.0 Å². The lowest BCUT2D eigenvalue weighted by molar-refractivity contribution is 0.0693. The zero-order valence-electron chi connectivity index (χ0n) is 15.9. The third kappa shape index (κ3) is 4.25. The third-order valence-corrected chi connectivity index (χ3v) is 5.21. The molecule has 1 aliphatic heterocycles. The van der Waals surface area contributed by atoms with Crippen LogP contribution in [0, 0.1) is 5.82 Å². The summed E-state index contributed by atoms with van der Waals surface area (Å²) >= 11 is 0. The van der Waals surface area contributed by atoms with Gasteiger partial charge in [0, 0.05) is 17.7 Å². The molecule has 0 bridgehead atoms. The summed E-state index contributed by atoms with van der Waals surface area (Å²) in [6.45, 7) is 0. The first-order chi connectivity index (χ1) is 14.3. The Hall–Kier alpha value is -3.46. The molecule has 2 aromatic carbocycles. The second-order valence-corrected chi connectivity index (χ2v) is 8.64. The molecule has 0 saturated heterocycles. The molecular formula is C21H18FN3O4S. The molecule has 2 heterocycles. The van der Waals surface area contributed by atoms with Crippen LogP contribution in [-0.4, -0.2) is 31.3 Å². The van der Waals surface area contributed by atoms with E-state index in [1.54, 1.807) is 36.4 Å². The van der Waals surface area contributed by atoms with E-state index in [0.717, 1.165) is 11.8 Å². The Kier molecular flexibility index (Phi) is 5.13. The number of furan rings is 1. The first-order valence-electron chi connectivity index (χ1n) is 9.08. The highest BCUT2D eigenvalue weighted by Crippen LogP contribution is 2.34. The number of carbonyl (C=O) groups is 1. The van der Waals surface area contributed by atoms with Gasteiger partial charge in [0.25, 0.3) is 5.91 Å². The van der Waals surface area contributed by atoms with Gasteiger partial charge in [-0.25, -0.2) is 17.8 Å². The van der Waals surface area contributed by atoms with Crippen LogP contribution in [0.3, 0.4) is 0 Å². The Morgan fingerprint density at radius 2 is 1.83 bits per heavy atom. The van der Waals surface area contributed by atoms with Crippen LogP contribution >= 0.6 is 0 Å². The van der Waals surface area contributed by atoms with Crippen LogP contribution in [0.5, 0.6) is 0 Å². The highest BCUT2D eigenvalue weighted by molar-refractivity contribution is 7.92. The van der Waals surface area contributed by atoms with Crippen LogP contribution in [0.4, 0.5) is 10.1 Å². The molecule has 0 saturated carbocycles. The number of nitrogens with zero attached hydrogens (tertiary/aromatic N) is 2. The van der Waals surface area contributed by atoms with Crippen molar-refractivity contribution >= 4 is 27.3 Å². The molecule has 0 fully saturated rings. The Morgan fingerprint density at radius 1 is 1.13 bits per heavy atom. The fraction of sp³-hybridized carbons (Fsp3) is 0.143. The van der Waals surface area contributed by atoms with Gasteiger partial charge >= 0.3 is 0 Å². The smallest absolute Gasteiger partial charge is 0.274 e. The number of sulfonamides is 1. The van der Waals surface area contributed by atoms with E-state index >= 15 is 0 Å². The summed E-state index contributed by atoms with van der Waals surface area (Å²) in [4.78, 5) is 13.0. The van der Waals surface area contributed by atoms with Crippen LogP contribution < -0.4 is 4.72 Å². The lowest BCUT2D eigenvalue weighted by Gasteiger charge is -2.19. The van der Waals surface area contributed by atoms with E-state index in [9.17, 15) is 17.6 Å². The van der Waals surface area contributed by atoms with Gasteiger partial charge < -0.3 is 4.42 Å². The SMILES string of the molecule is CS(=O)(=O)Nc1ccc(C2=NN(C(=O)c3ccc(F)cc3)C(c3ccco3)C2)cc1. The van der Waals surface area contributed by atoms with Crippen LogP contribution in [-0.2, 0) is 10.0 Å². The standard InChI is InChI=1S/C21H18FN3O4S/c1-30(27,28)24-17-10-6-14(7-11-17)18-13-19(20-3-2-12-29-20)25(23-18)21(26)15-4-8-16(22)9-5-15/h2-12,19,24H,13H2,1H3. The number of rotatable bonds is 5. The van der Waals surface area contributed by atoms with E-state index in [4.69, 9.17) is 4.42 Å². The van der Waals surface area contributed by atoms with Gasteiger partial charge in [-0.3, -0.25) is 9.52 Å². The summed E-state index contributed by atoms with van der Waals surface area (Å²) in [6, 6.07) is 15.1. The monoisotopic (exact) mass is 427 g/mol. The van der Waals surface area contributed by atoms with Crippen LogP contribution in [0.15, 0.2) is 76.4 Å². The molecule has 1 aromatic heterocycles. The first-order valence-corrected chi connectivity index (χ1v) is 11.0. The van der Waals surface area contributed by atoms with Crippen molar-refractivity contribution in [3.05, 3.63) is 89.6 Å². The van der Waals surface area contributed by atoms with Gasteiger partial charge in [0.15, 0.2) is 0 Å². The summed E-state index contributed by atoms with van der Waals surface area (Å²) < 4.78 is 43.9. The van der Waals surface area contributed by atoms with E-state index in [2.05, 4.69) is 9.82 Å². The predicted octanol–water partition coefficient (Wildman–Crippen LogP) is 3.78.